The summed E-state index contributed by atoms with van der Waals surface area (Å²) in [6.45, 7) is 3.33. The monoisotopic (exact) mass is 289 g/mol. The minimum atomic E-state index is -0.586. The molecule has 0 spiro atoms. The van der Waals surface area contributed by atoms with E-state index in [9.17, 15) is 14.9 Å². The maximum atomic E-state index is 11.9. The zero-order valence-electron chi connectivity index (χ0n) is 11.9. The number of hydrogen-bond donors (Lipinski definition) is 0. The fraction of sp³-hybridized carbons (Fsp3) is 0.286. The molecule has 0 aliphatic carbocycles. The molecule has 0 saturated carbocycles. The fourth-order valence-corrected chi connectivity index (χ4v) is 1.90. The summed E-state index contributed by atoms with van der Waals surface area (Å²) in [5.74, 6) is -0.515. The van der Waals surface area contributed by atoms with Crippen molar-refractivity contribution in [1.29, 1.82) is 0 Å². The number of benzene rings is 1. The molecule has 1 aromatic carbocycles. The largest absolute Gasteiger partial charge is 0.454 e. The van der Waals surface area contributed by atoms with Crippen molar-refractivity contribution >= 4 is 11.7 Å². The molecular weight excluding hydrogens is 274 g/mol. The molecule has 0 aliphatic heterocycles. The third-order valence-electron chi connectivity index (χ3n) is 3.12. The van der Waals surface area contributed by atoms with Crippen LogP contribution in [0.15, 0.2) is 30.6 Å². The van der Waals surface area contributed by atoms with Crippen LogP contribution in [0, 0.1) is 17.0 Å². The second-order valence-corrected chi connectivity index (χ2v) is 4.75. The van der Waals surface area contributed by atoms with E-state index in [1.165, 1.54) is 16.9 Å². The summed E-state index contributed by atoms with van der Waals surface area (Å²) in [4.78, 5) is 22.4. The van der Waals surface area contributed by atoms with Crippen molar-refractivity contribution in [3.8, 4) is 0 Å². The van der Waals surface area contributed by atoms with Crippen LogP contribution >= 0.6 is 0 Å². The second-order valence-electron chi connectivity index (χ2n) is 4.75. The molecule has 7 nitrogen and oxygen atoms in total. The minimum Gasteiger partial charge on any atom is -0.454 e. The lowest BCUT2D eigenvalue weighted by atomic mass is 10.1. The van der Waals surface area contributed by atoms with Gasteiger partial charge in [0, 0.05) is 24.9 Å². The number of aromatic nitrogens is 2. The number of esters is 1. The molecule has 0 saturated heterocycles. The van der Waals surface area contributed by atoms with Crippen LogP contribution in [-0.2, 0) is 11.8 Å². The molecule has 0 N–H and O–H groups in total. The number of carbonyl (C=O) groups excluding carboxylic acids is 1. The van der Waals surface area contributed by atoms with E-state index in [4.69, 9.17) is 4.74 Å². The first-order chi connectivity index (χ1) is 9.88. The van der Waals surface area contributed by atoms with Gasteiger partial charge < -0.3 is 4.74 Å². The van der Waals surface area contributed by atoms with Crippen LogP contribution in [-0.4, -0.2) is 20.7 Å². The topological polar surface area (TPSA) is 87.3 Å². The van der Waals surface area contributed by atoms with E-state index in [-0.39, 0.29) is 5.69 Å². The second kappa shape index (κ2) is 5.74. The molecule has 0 unspecified atom stereocenters. The van der Waals surface area contributed by atoms with Crippen LogP contribution in [0.2, 0.25) is 0 Å². The van der Waals surface area contributed by atoms with Crippen LogP contribution in [0.4, 0.5) is 5.69 Å². The Morgan fingerprint density at radius 1 is 1.48 bits per heavy atom. The summed E-state index contributed by atoms with van der Waals surface area (Å²) in [5.41, 5.74) is 1.49. The van der Waals surface area contributed by atoms with Crippen LogP contribution < -0.4 is 0 Å². The first-order valence-electron chi connectivity index (χ1n) is 6.33. The van der Waals surface area contributed by atoms with Gasteiger partial charge in [0.1, 0.15) is 6.10 Å². The van der Waals surface area contributed by atoms with Gasteiger partial charge in [-0.2, -0.15) is 5.10 Å². The average Bonchev–Trinajstić information content (AvgIpc) is 2.85. The molecule has 21 heavy (non-hydrogen) atoms. The van der Waals surface area contributed by atoms with Crippen molar-refractivity contribution in [2.45, 2.75) is 20.0 Å². The van der Waals surface area contributed by atoms with E-state index in [0.717, 1.165) is 0 Å². The maximum Gasteiger partial charge on any atom is 0.341 e. The molecule has 0 bridgehead atoms. The minimum absolute atomic E-state index is 0.0109. The lowest BCUT2D eigenvalue weighted by molar-refractivity contribution is -0.385. The van der Waals surface area contributed by atoms with E-state index in [1.54, 1.807) is 39.2 Å². The van der Waals surface area contributed by atoms with E-state index >= 15 is 0 Å². The Bertz CT molecular complexity index is 693. The Hall–Kier alpha value is -2.70. The van der Waals surface area contributed by atoms with Gasteiger partial charge in [-0.05, 0) is 19.4 Å². The number of rotatable bonds is 4. The molecule has 7 heteroatoms. The summed E-state index contributed by atoms with van der Waals surface area (Å²) in [7, 11) is 1.70. The lowest BCUT2D eigenvalue weighted by Crippen LogP contribution is -2.09. The third kappa shape index (κ3) is 3.25. The number of aryl methyl sites for hydroxylation is 2. The predicted molar refractivity (Wildman–Crippen MR) is 74.9 cm³/mol. The van der Waals surface area contributed by atoms with Crippen LogP contribution in [0.5, 0.6) is 0 Å². The van der Waals surface area contributed by atoms with Crippen molar-refractivity contribution in [3.05, 3.63) is 57.4 Å². The molecule has 1 aromatic heterocycles. The molecule has 2 aromatic rings. The fourth-order valence-electron chi connectivity index (χ4n) is 1.90. The highest BCUT2D eigenvalue weighted by atomic mass is 16.6. The summed E-state index contributed by atoms with van der Waals surface area (Å²) < 4.78 is 6.79. The summed E-state index contributed by atoms with van der Waals surface area (Å²) in [6, 6.07) is 4.78. The summed E-state index contributed by atoms with van der Waals surface area (Å²) in [5, 5.41) is 14.8. The third-order valence-corrected chi connectivity index (χ3v) is 3.12. The molecule has 1 atom stereocenters. The van der Waals surface area contributed by atoms with Gasteiger partial charge in [0.05, 0.1) is 16.7 Å². The highest BCUT2D eigenvalue weighted by molar-refractivity contribution is 5.88. The Kier molecular flexibility index (Phi) is 4.02. The number of carbonyl (C=O) groups is 1. The highest BCUT2D eigenvalue weighted by Crippen LogP contribution is 2.25. The number of ether oxygens (including phenoxy) is 1. The summed E-state index contributed by atoms with van der Waals surface area (Å²) in [6.07, 6.45) is 2.37. The molecule has 0 amide bonds. The SMILES string of the molecule is Cc1ccc([C@H](C)OC(=O)c2cnn(C)c2)cc1[N+](=O)[O-]. The standard InChI is InChI=1S/C14H15N3O4/c1-9-4-5-11(6-13(9)17(19)20)10(2)21-14(18)12-7-15-16(3)8-12/h4-8,10H,1-3H3/t10-/m0/s1. The number of nitro benzene ring substituents is 1. The van der Waals surface area contributed by atoms with Crippen LogP contribution in [0.25, 0.3) is 0 Å². The van der Waals surface area contributed by atoms with Crippen molar-refractivity contribution in [3.63, 3.8) is 0 Å². The quantitative estimate of drug-likeness (QED) is 0.490. The van der Waals surface area contributed by atoms with Crippen molar-refractivity contribution in [1.82, 2.24) is 9.78 Å². The van der Waals surface area contributed by atoms with Crippen molar-refractivity contribution < 1.29 is 14.5 Å². The number of nitrogens with zero attached hydrogens (tertiary/aromatic N) is 3. The van der Waals surface area contributed by atoms with Crippen molar-refractivity contribution in [2.75, 3.05) is 0 Å². The molecule has 0 fully saturated rings. The Balaban J connectivity index is 2.17. The molecule has 0 radical (unpaired) electrons. The zero-order chi connectivity index (χ0) is 15.6. The Morgan fingerprint density at radius 2 is 2.19 bits per heavy atom. The van der Waals surface area contributed by atoms with E-state index in [1.807, 2.05) is 0 Å². The van der Waals surface area contributed by atoms with E-state index in [0.29, 0.717) is 16.7 Å². The molecule has 110 valence electrons. The molecule has 0 aliphatic rings. The Morgan fingerprint density at radius 3 is 2.76 bits per heavy atom. The van der Waals surface area contributed by atoms with Gasteiger partial charge in [0.15, 0.2) is 0 Å². The van der Waals surface area contributed by atoms with Gasteiger partial charge in [-0.15, -0.1) is 0 Å². The highest BCUT2D eigenvalue weighted by Gasteiger charge is 2.18. The normalized spacial score (nSPS) is 12.0. The van der Waals surface area contributed by atoms with Gasteiger partial charge in [0.25, 0.3) is 5.69 Å². The lowest BCUT2D eigenvalue weighted by Gasteiger charge is -2.13. The van der Waals surface area contributed by atoms with Gasteiger partial charge in [-0.25, -0.2) is 4.79 Å². The van der Waals surface area contributed by atoms with Crippen LogP contribution in [0.3, 0.4) is 0 Å². The van der Waals surface area contributed by atoms with Crippen LogP contribution in [0.1, 0.15) is 34.5 Å². The number of nitro groups is 1. The van der Waals surface area contributed by atoms with E-state index in [2.05, 4.69) is 5.10 Å². The zero-order valence-corrected chi connectivity index (χ0v) is 11.9. The van der Waals surface area contributed by atoms with Gasteiger partial charge >= 0.3 is 5.97 Å². The first kappa shape index (κ1) is 14.7. The number of hydrogen-bond acceptors (Lipinski definition) is 5. The Labute approximate surface area is 121 Å². The molecule has 1 heterocycles. The smallest absolute Gasteiger partial charge is 0.341 e. The van der Waals surface area contributed by atoms with Gasteiger partial charge in [0.2, 0.25) is 0 Å². The van der Waals surface area contributed by atoms with Crippen molar-refractivity contribution in [2.24, 2.45) is 7.05 Å². The van der Waals surface area contributed by atoms with Gasteiger partial charge in [-0.3, -0.25) is 14.8 Å². The average molecular weight is 289 g/mol. The van der Waals surface area contributed by atoms with E-state index < -0.39 is 17.0 Å². The maximum absolute atomic E-state index is 11.9. The first-order valence-corrected chi connectivity index (χ1v) is 6.33. The predicted octanol–water partition coefficient (Wildman–Crippen LogP) is 2.55. The molecular formula is C14H15N3O4. The summed E-state index contributed by atoms with van der Waals surface area (Å²) >= 11 is 0. The van der Waals surface area contributed by atoms with Gasteiger partial charge in [-0.1, -0.05) is 12.1 Å². The molecule has 2 rings (SSSR count).